The van der Waals surface area contributed by atoms with Crippen molar-refractivity contribution in [2.24, 2.45) is 14.1 Å². The lowest BCUT2D eigenvalue weighted by atomic mass is 10.1. The van der Waals surface area contributed by atoms with Crippen molar-refractivity contribution < 1.29 is 4.39 Å². The van der Waals surface area contributed by atoms with Crippen LogP contribution in [0.4, 0.5) is 16.0 Å². The highest BCUT2D eigenvalue weighted by Crippen LogP contribution is 2.31. The summed E-state index contributed by atoms with van der Waals surface area (Å²) in [5, 5.41) is 16.4. The number of nitriles is 1. The number of hydrogen-bond donors (Lipinski definition) is 2. The zero-order chi connectivity index (χ0) is 19.8. The lowest BCUT2D eigenvalue weighted by Gasteiger charge is -2.09. The Labute approximate surface area is 159 Å². The molecule has 0 aliphatic carbocycles. The van der Waals surface area contributed by atoms with Crippen molar-refractivity contribution in [3.63, 3.8) is 0 Å². The van der Waals surface area contributed by atoms with Crippen LogP contribution < -0.4 is 11.1 Å². The highest BCUT2D eigenvalue weighted by atomic mass is 19.1. The zero-order valence-electron chi connectivity index (χ0n) is 15.2. The van der Waals surface area contributed by atoms with E-state index in [2.05, 4.69) is 25.4 Å². The highest BCUT2D eigenvalue weighted by molar-refractivity contribution is 5.92. The number of nitrogens with two attached hydrogens (primary N) is 1. The first kappa shape index (κ1) is 17.4. The van der Waals surface area contributed by atoms with Gasteiger partial charge in [-0.05, 0) is 12.1 Å². The molecule has 0 spiro atoms. The summed E-state index contributed by atoms with van der Waals surface area (Å²) in [6.07, 6.45) is 4.65. The SMILES string of the molecule is Cn1cc(-c2c(F)ccc3nc(CNc4ncnc(N)c4C#N)n(C)c23)cn1. The summed E-state index contributed by atoms with van der Waals surface area (Å²) in [5.41, 5.74) is 8.31. The fourth-order valence-corrected chi connectivity index (χ4v) is 3.12. The number of benzene rings is 1. The average molecular weight is 377 g/mol. The van der Waals surface area contributed by atoms with Crippen LogP contribution in [0, 0.1) is 17.1 Å². The van der Waals surface area contributed by atoms with E-state index < -0.39 is 0 Å². The first-order valence-electron chi connectivity index (χ1n) is 8.37. The molecule has 0 amide bonds. The molecular weight excluding hydrogens is 361 g/mol. The normalized spacial score (nSPS) is 10.9. The largest absolute Gasteiger partial charge is 0.382 e. The first-order valence-corrected chi connectivity index (χ1v) is 8.37. The van der Waals surface area contributed by atoms with Crippen molar-refractivity contribution in [2.75, 3.05) is 11.1 Å². The van der Waals surface area contributed by atoms with Gasteiger partial charge in [0.05, 0.1) is 23.8 Å². The van der Waals surface area contributed by atoms with E-state index in [-0.39, 0.29) is 23.7 Å². The molecule has 28 heavy (non-hydrogen) atoms. The minimum Gasteiger partial charge on any atom is -0.382 e. The predicted octanol–water partition coefficient (Wildman–Crippen LogP) is 1.97. The number of imidazole rings is 1. The highest BCUT2D eigenvalue weighted by Gasteiger charge is 2.18. The van der Waals surface area contributed by atoms with Crippen LogP contribution in [0.25, 0.3) is 22.2 Å². The molecule has 0 radical (unpaired) electrons. The van der Waals surface area contributed by atoms with Crippen molar-refractivity contribution >= 4 is 22.7 Å². The molecule has 0 unspecified atom stereocenters. The van der Waals surface area contributed by atoms with Gasteiger partial charge in [0.2, 0.25) is 0 Å². The van der Waals surface area contributed by atoms with Crippen LogP contribution in [0.2, 0.25) is 0 Å². The summed E-state index contributed by atoms with van der Waals surface area (Å²) in [5.74, 6) is 0.719. The molecule has 3 heterocycles. The smallest absolute Gasteiger partial charge is 0.149 e. The molecule has 3 aromatic heterocycles. The monoisotopic (exact) mass is 377 g/mol. The van der Waals surface area contributed by atoms with Crippen LogP contribution in [-0.2, 0) is 20.6 Å². The number of fused-ring (bicyclic) bond motifs is 1. The number of aromatic nitrogens is 6. The minimum atomic E-state index is -0.349. The Bertz CT molecular complexity index is 1230. The van der Waals surface area contributed by atoms with Crippen LogP contribution in [-0.4, -0.2) is 29.3 Å². The number of nitrogens with one attached hydrogen (secondary N) is 1. The van der Waals surface area contributed by atoms with Gasteiger partial charge in [-0.25, -0.2) is 19.3 Å². The van der Waals surface area contributed by atoms with Gasteiger partial charge in [0.25, 0.3) is 0 Å². The summed E-state index contributed by atoms with van der Waals surface area (Å²) < 4.78 is 18.1. The molecule has 0 atom stereocenters. The maximum absolute atomic E-state index is 14.6. The topological polar surface area (TPSA) is 123 Å². The number of rotatable bonds is 4. The van der Waals surface area contributed by atoms with Crippen molar-refractivity contribution in [3.05, 3.63) is 48.1 Å². The fraction of sp³-hybridized carbons (Fsp3) is 0.167. The number of halogens is 1. The number of anilines is 2. The van der Waals surface area contributed by atoms with E-state index in [1.807, 2.05) is 17.7 Å². The second-order valence-electron chi connectivity index (χ2n) is 6.23. The molecule has 0 saturated heterocycles. The standard InChI is InChI=1S/C18H16FN9/c1-27-8-10(6-25-27)15-12(19)3-4-13-16(15)28(2)14(26-13)7-22-18-11(5-20)17(21)23-9-24-18/h3-4,6,8-9H,7H2,1-2H3,(H3,21,22,23,24). The van der Waals surface area contributed by atoms with Gasteiger partial charge in [-0.3, -0.25) is 4.68 Å². The van der Waals surface area contributed by atoms with E-state index in [0.717, 1.165) is 0 Å². The van der Waals surface area contributed by atoms with Crippen molar-refractivity contribution in [3.8, 4) is 17.2 Å². The van der Waals surface area contributed by atoms with Crippen LogP contribution in [0.15, 0.2) is 30.9 Å². The summed E-state index contributed by atoms with van der Waals surface area (Å²) in [4.78, 5) is 12.5. The Kier molecular flexibility index (Phi) is 4.12. The molecule has 0 aliphatic heterocycles. The van der Waals surface area contributed by atoms with Gasteiger partial charge in [-0.1, -0.05) is 0 Å². The fourth-order valence-electron chi connectivity index (χ4n) is 3.12. The average Bonchev–Trinajstić information content (AvgIpc) is 3.24. The molecule has 10 heteroatoms. The number of hydrogen-bond acceptors (Lipinski definition) is 7. The number of aryl methyl sites for hydroxylation is 2. The first-order chi connectivity index (χ1) is 13.5. The quantitative estimate of drug-likeness (QED) is 0.557. The molecule has 9 nitrogen and oxygen atoms in total. The zero-order valence-corrected chi connectivity index (χ0v) is 15.2. The van der Waals surface area contributed by atoms with Gasteiger partial charge in [-0.15, -0.1) is 0 Å². The van der Waals surface area contributed by atoms with Crippen molar-refractivity contribution in [2.45, 2.75) is 6.54 Å². The van der Waals surface area contributed by atoms with E-state index in [0.29, 0.717) is 33.8 Å². The molecule has 4 aromatic rings. The Morgan fingerprint density at radius 1 is 1.29 bits per heavy atom. The molecule has 0 fully saturated rings. The summed E-state index contributed by atoms with van der Waals surface area (Å²) in [6, 6.07) is 5.02. The maximum Gasteiger partial charge on any atom is 0.149 e. The van der Waals surface area contributed by atoms with Gasteiger partial charge in [0, 0.05) is 31.4 Å². The van der Waals surface area contributed by atoms with Gasteiger partial charge >= 0.3 is 0 Å². The molecule has 140 valence electrons. The van der Waals surface area contributed by atoms with Crippen LogP contribution >= 0.6 is 0 Å². The van der Waals surface area contributed by atoms with Gasteiger partial charge < -0.3 is 15.6 Å². The van der Waals surface area contributed by atoms with E-state index in [1.165, 1.54) is 12.4 Å². The molecular formula is C18H16FN9. The third kappa shape index (κ3) is 2.79. The Morgan fingerprint density at radius 2 is 2.11 bits per heavy atom. The van der Waals surface area contributed by atoms with Crippen LogP contribution in [0.1, 0.15) is 11.4 Å². The molecule has 3 N–H and O–H groups in total. The van der Waals surface area contributed by atoms with Crippen LogP contribution in [0.5, 0.6) is 0 Å². The third-order valence-electron chi connectivity index (χ3n) is 4.47. The summed E-state index contributed by atoms with van der Waals surface area (Å²) in [7, 11) is 3.59. The lowest BCUT2D eigenvalue weighted by Crippen LogP contribution is -2.10. The maximum atomic E-state index is 14.6. The number of nitrogens with zero attached hydrogens (tertiary/aromatic N) is 7. The van der Waals surface area contributed by atoms with E-state index in [4.69, 9.17) is 5.73 Å². The Morgan fingerprint density at radius 3 is 2.82 bits per heavy atom. The molecule has 0 bridgehead atoms. The molecule has 1 aromatic carbocycles. The second kappa shape index (κ2) is 6.62. The van der Waals surface area contributed by atoms with Gasteiger partial charge in [-0.2, -0.15) is 10.4 Å². The van der Waals surface area contributed by atoms with Crippen LogP contribution in [0.3, 0.4) is 0 Å². The van der Waals surface area contributed by atoms with Gasteiger partial charge in [0.15, 0.2) is 0 Å². The minimum absolute atomic E-state index is 0.103. The van der Waals surface area contributed by atoms with E-state index >= 15 is 0 Å². The molecule has 0 aliphatic rings. The summed E-state index contributed by atoms with van der Waals surface area (Å²) in [6.45, 7) is 0.268. The summed E-state index contributed by atoms with van der Waals surface area (Å²) >= 11 is 0. The van der Waals surface area contributed by atoms with E-state index in [9.17, 15) is 9.65 Å². The third-order valence-corrected chi connectivity index (χ3v) is 4.47. The van der Waals surface area contributed by atoms with Crippen molar-refractivity contribution in [1.82, 2.24) is 29.3 Å². The molecule has 0 saturated carbocycles. The molecule has 4 rings (SSSR count). The lowest BCUT2D eigenvalue weighted by molar-refractivity contribution is 0.632. The van der Waals surface area contributed by atoms with Gasteiger partial charge in [0.1, 0.15) is 41.2 Å². The van der Waals surface area contributed by atoms with E-state index in [1.54, 1.807) is 30.2 Å². The predicted molar refractivity (Wildman–Crippen MR) is 101 cm³/mol. The Hall–Kier alpha value is -4.00. The second-order valence-corrected chi connectivity index (χ2v) is 6.23. The Balaban J connectivity index is 1.75. The number of nitrogen functional groups attached to an aromatic ring is 1. The van der Waals surface area contributed by atoms with Crippen molar-refractivity contribution in [1.29, 1.82) is 5.26 Å².